The topological polar surface area (TPSA) is 95.3 Å². The predicted octanol–water partition coefficient (Wildman–Crippen LogP) is -0.779. The Morgan fingerprint density at radius 1 is 1.44 bits per heavy atom. The highest BCUT2D eigenvalue weighted by Crippen LogP contribution is 1.96. The molecule has 1 amide bonds. The largest absolute Gasteiger partial charge is 0.463 e. The molecule has 87 valence electrons. The van der Waals surface area contributed by atoms with Gasteiger partial charge in [0.25, 0.3) is 0 Å². The number of rotatable bonds is 4. The minimum Gasteiger partial charge on any atom is -0.463 e. The minimum absolute atomic E-state index is 0.0363. The lowest BCUT2D eigenvalue weighted by Gasteiger charge is -2.05. The first kappa shape index (κ1) is 12.0. The molecule has 8 heteroatoms. The number of ether oxygens (including phenoxy) is 2. The van der Waals surface area contributed by atoms with E-state index >= 15 is 0 Å². The Bertz CT molecular complexity index is 376. The van der Waals surface area contributed by atoms with Gasteiger partial charge in [0, 0.05) is 13.1 Å². The first-order chi connectivity index (χ1) is 7.69. The number of aromatic nitrogens is 3. The molecule has 0 aromatic carbocycles. The van der Waals surface area contributed by atoms with Crippen molar-refractivity contribution < 1.29 is 19.1 Å². The molecule has 1 N–H and O–H groups in total. The summed E-state index contributed by atoms with van der Waals surface area (Å²) in [5.41, 5.74) is 0. The molecule has 1 heterocycles. The van der Waals surface area contributed by atoms with E-state index in [-0.39, 0.29) is 12.4 Å². The zero-order valence-corrected chi connectivity index (χ0v) is 8.89. The van der Waals surface area contributed by atoms with E-state index in [9.17, 15) is 9.59 Å². The van der Waals surface area contributed by atoms with E-state index in [2.05, 4.69) is 31.3 Å². The molecule has 0 bridgehead atoms. The van der Waals surface area contributed by atoms with Crippen molar-refractivity contribution in [3.05, 3.63) is 12.2 Å². The first-order valence-corrected chi connectivity index (χ1v) is 4.40. The molecule has 1 radical (unpaired) electrons. The third-order valence-electron chi connectivity index (χ3n) is 1.72. The number of carbonyl (C=O) groups is 2. The molecule has 1 aromatic heterocycles. The number of amides is 1. The normalized spacial score (nSPS) is 9.62. The number of nitrogens with one attached hydrogen (secondary N) is 1. The average molecular weight is 227 g/mol. The molecule has 0 spiro atoms. The van der Waals surface area contributed by atoms with Gasteiger partial charge in [0.15, 0.2) is 0 Å². The highest BCUT2D eigenvalue weighted by molar-refractivity contribution is 5.85. The second-order valence-electron chi connectivity index (χ2n) is 2.69. The van der Waals surface area contributed by atoms with Crippen LogP contribution in [0.3, 0.4) is 0 Å². The van der Waals surface area contributed by atoms with Crippen LogP contribution < -0.4 is 5.32 Å². The van der Waals surface area contributed by atoms with Crippen LogP contribution in [-0.2, 0) is 16.0 Å². The van der Waals surface area contributed by atoms with Gasteiger partial charge in [0.05, 0.1) is 14.2 Å². The molecule has 0 saturated carbocycles. The number of alkyl carbamates (subject to hydrolysis) is 1. The molecular formula is C8H11N4O4. The second-order valence-corrected chi connectivity index (χ2v) is 2.69. The van der Waals surface area contributed by atoms with Gasteiger partial charge >= 0.3 is 12.1 Å². The Labute approximate surface area is 91.5 Å². The summed E-state index contributed by atoms with van der Waals surface area (Å²) in [6, 6.07) is 0. The second kappa shape index (κ2) is 5.69. The molecule has 0 saturated heterocycles. The van der Waals surface area contributed by atoms with Crippen LogP contribution in [0.1, 0.15) is 10.6 Å². The fourth-order valence-electron chi connectivity index (χ4n) is 0.965. The Morgan fingerprint density at radius 3 is 2.81 bits per heavy atom. The Balaban J connectivity index is 2.51. The van der Waals surface area contributed by atoms with Crippen molar-refractivity contribution in [3.8, 4) is 0 Å². The van der Waals surface area contributed by atoms with E-state index < -0.39 is 12.1 Å². The Hall–Kier alpha value is -2.12. The molecule has 1 aromatic rings. The lowest BCUT2D eigenvalue weighted by molar-refractivity contribution is 0.0580. The van der Waals surface area contributed by atoms with Crippen LogP contribution in [0.4, 0.5) is 4.79 Å². The van der Waals surface area contributed by atoms with Gasteiger partial charge in [-0.2, -0.15) is 0 Å². The number of hydrogen-bond acceptors (Lipinski definition) is 6. The molecule has 16 heavy (non-hydrogen) atoms. The number of hydrogen-bond donors (Lipinski definition) is 1. The van der Waals surface area contributed by atoms with Crippen molar-refractivity contribution in [1.29, 1.82) is 0 Å². The van der Waals surface area contributed by atoms with E-state index in [4.69, 9.17) is 0 Å². The molecule has 0 aliphatic carbocycles. The Kier molecular flexibility index (Phi) is 4.25. The van der Waals surface area contributed by atoms with Gasteiger partial charge in [0.1, 0.15) is 0 Å². The zero-order valence-electron chi connectivity index (χ0n) is 8.89. The van der Waals surface area contributed by atoms with Crippen molar-refractivity contribution in [2.75, 3.05) is 20.8 Å². The molecule has 0 aliphatic heterocycles. The van der Waals surface area contributed by atoms with Gasteiger partial charge in [-0.15, -0.1) is 10.2 Å². The molecule has 0 unspecified atom stereocenters. The van der Waals surface area contributed by atoms with Crippen LogP contribution in [-0.4, -0.2) is 47.6 Å². The molecule has 0 aliphatic rings. The number of esters is 1. The van der Waals surface area contributed by atoms with Crippen molar-refractivity contribution in [2.24, 2.45) is 0 Å². The summed E-state index contributed by atoms with van der Waals surface area (Å²) in [7, 11) is 2.51. The summed E-state index contributed by atoms with van der Waals surface area (Å²) >= 11 is 0. The van der Waals surface area contributed by atoms with E-state index in [0.29, 0.717) is 6.54 Å². The van der Waals surface area contributed by atoms with E-state index in [1.165, 1.54) is 18.8 Å². The van der Waals surface area contributed by atoms with Crippen molar-refractivity contribution in [1.82, 2.24) is 20.1 Å². The van der Waals surface area contributed by atoms with Gasteiger partial charge in [-0.05, 0) is 0 Å². The smallest absolute Gasteiger partial charge is 0.406 e. The lowest BCUT2D eigenvalue weighted by atomic mass is 10.5. The lowest BCUT2D eigenvalue weighted by Crippen LogP contribution is -2.27. The number of nitrogens with zero attached hydrogens (tertiary/aromatic N) is 3. The van der Waals surface area contributed by atoms with E-state index in [0.717, 1.165) is 0 Å². The van der Waals surface area contributed by atoms with Gasteiger partial charge in [-0.3, -0.25) is 4.57 Å². The summed E-state index contributed by atoms with van der Waals surface area (Å²) in [6.07, 6.45) is 1.93. The maximum Gasteiger partial charge on any atom is 0.406 e. The fourth-order valence-corrected chi connectivity index (χ4v) is 0.965. The molecule has 0 fully saturated rings. The van der Waals surface area contributed by atoms with Crippen LogP contribution in [0, 0.1) is 6.33 Å². The van der Waals surface area contributed by atoms with E-state index in [1.54, 1.807) is 0 Å². The van der Waals surface area contributed by atoms with Crippen LogP contribution in [0.25, 0.3) is 0 Å². The molecule has 8 nitrogen and oxygen atoms in total. The van der Waals surface area contributed by atoms with Crippen LogP contribution >= 0.6 is 0 Å². The SMILES string of the molecule is COC(=O)NCCn1[c]nnc1C(=O)OC. The molecule has 1 rings (SSSR count). The van der Waals surface area contributed by atoms with Crippen molar-refractivity contribution in [2.45, 2.75) is 6.54 Å². The fraction of sp³-hybridized carbons (Fsp3) is 0.500. The maximum absolute atomic E-state index is 11.2. The standard InChI is InChI=1S/C8H11N4O4/c1-15-7(13)6-11-10-5-12(6)4-3-9-8(14)16-2/h3-4H2,1-2H3,(H,9,14). The highest BCUT2D eigenvalue weighted by Gasteiger charge is 2.14. The van der Waals surface area contributed by atoms with Gasteiger partial charge in [-0.1, -0.05) is 0 Å². The number of methoxy groups -OCH3 is 2. The van der Waals surface area contributed by atoms with Crippen LogP contribution in [0.2, 0.25) is 0 Å². The maximum atomic E-state index is 11.2. The zero-order chi connectivity index (χ0) is 12.0. The minimum atomic E-state index is -0.605. The average Bonchev–Trinajstić information content (AvgIpc) is 2.76. The van der Waals surface area contributed by atoms with Gasteiger partial charge in [-0.25, -0.2) is 9.59 Å². The van der Waals surface area contributed by atoms with Crippen molar-refractivity contribution >= 4 is 12.1 Å². The monoisotopic (exact) mass is 227 g/mol. The summed E-state index contributed by atoms with van der Waals surface area (Å²) < 4.78 is 10.2. The number of carbonyl (C=O) groups excluding carboxylic acids is 2. The third kappa shape index (κ3) is 2.94. The Morgan fingerprint density at radius 2 is 2.19 bits per heavy atom. The third-order valence-corrected chi connectivity index (χ3v) is 1.72. The summed E-state index contributed by atoms with van der Waals surface area (Å²) in [5.74, 6) is -0.569. The van der Waals surface area contributed by atoms with Crippen LogP contribution in [0.5, 0.6) is 0 Å². The van der Waals surface area contributed by atoms with Crippen molar-refractivity contribution in [3.63, 3.8) is 0 Å². The predicted molar refractivity (Wildman–Crippen MR) is 50.6 cm³/mol. The summed E-state index contributed by atoms with van der Waals surface area (Å²) in [6.45, 7) is 0.567. The molecular weight excluding hydrogens is 216 g/mol. The quantitative estimate of drug-likeness (QED) is 0.678. The summed E-state index contributed by atoms with van der Waals surface area (Å²) in [4.78, 5) is 21.9. The molecule has 0 atom stereocenters. The van der Waals surface area contributed by atoms with E-state index in [1.807, 2.05) is 0 Å². The summed E-state index contributed by atoms with van der Waals surface area (Å²) in [5, 5.41) is 9.44. The van der Waals surface area contributed by atoms with Crippen LogP contribution in [0.15, 0.2) is 0 Å². The van der Waals surface area contributed by atoms with Gasteiger partial charge < -0.3 is 14.8 Å². The van der Waals surface area contributed by atoms with Gasteiger partial charge in [0.2, 0.25) is 12.2 Å². The highest BCUT2D eigenvalue weighted by atomic mass is 16.5. The first-order valence-electron chi connectivity index (χ1n) is 4.40.